The molecule has 1 amide bonds. The number of carbonyl (C=O) groups is 2. The van der Waals surface area contributed by atoms with E-state index in [2.05, 4.69) is 25.7 Å². The first kappa shape index (κ1) is 27.3. The van der Waals surface area contributed by atoms with E-state index in [0.717, 1.165) is 46.8 Å². The minimum Gasteiger partial charge on any atom is -0.486 e. The molecule has 2 heterocycles. The number of carbonyl (C=O) groups excluding carboxylic acids is 2. The Balaban J connectivity index is 1.11. The lowest BCUT2D eigenvalue weighted by Crippen LogP contribution is -2.20. The van der Waals surface area contributed by atoms with Gasteiger partial charge in [-0.05, 0) is 62.1 Å². The van der Waals surface area contributed by atoms with Crippen molar-refractivity contribution in [1.29, 1.82) is 0 Å². The molecule has 198 valence electrons. The summed E-state index contributed by atoms with van der Waals surface area (Å²) in [5.74, 6) is 1.03. The number of nitrogens with one attached hydrogen (secondary N) is 1. The smallest absolute Gasteiger partial charge is 0.264 e. The second-order valence-corrected chi connectivity index (χ2v) is 11.0. The van der Waals surface area contributed by atoms with Gasteiger partial charge in [-0.1, -0.05) is 35.6 Å². The molecular formula is C27H29N5O4S2. The van der Waals surface area contributed by atoms with Gasteiger partial charge in [0.25, 0.3) is 5.91 Å². The lowest BCUT2D eigenvalue weighted by atomic mass is 10.2. The van der Waals surface area contributed by atoms with Crippen molar-refractivity contribution in [3.05, 3.63) is 74.7 Å². The second kappa shape index (κ2) is 13.7. The molecule has 0 aliphatic carbocycles. The van der Waals surface area contributed by atoms with Crippen molar-refractivity contribution in [1.82, 2.24) is 20.4 Å². The highest BCUT2D eigenvalue weighted by Gasteiger charge is 2.12. The molecule has 4 aromatic rings. The minimum atomic E-state index is -0.276. The van der Waals surface area contributed by atoms with Crippen molar-refractivity contribution in [2.75, 3.05) is 18.5 Å². The maximum atomic E-state index is 12.2. The summed E-state index contributed by atoms with van der Waals surface area (Å²) in [6, 6.07) is 15.2. The summed E-state index contributed by atoms with van der Waals surface area (Å²) in [6.45, 7) is 3.87. The van der Waals surface area contributed by atoms with Gasteiger partial charge in [-0.15, -0.1) is 31.7 Å². The molecule has 2 aromatic heterocycles. The van der Waals surface area contributed by atoms with Gasteiger partial charge in [0.1, 0.15) is 33.1 Å². The fraction of sp³-hybridized carbons (Fsp3) is 0.333. The molecule has 0 saturated carbocycles. The molecule has 0 radical (unpaired) electrons. The fourth-order valence-electron chi connectivity index (χ4n) is 3.52. The third kappa shape index (κ3) is 9.00. The van der Waals surface area contributed by atoms with Crippen LogP contribution >= 0.6 is 22.7 Å². The van der Waals surface area contributed by atoms with E-state index in [1.165, 1.54) is 22.7 Å². The summed E-state index contributed by atoms with van der Waals surface area (Å²) in [5, 5.41) is 22.2. The standard InChI is InChI=1S/C27H29N5O4S2/c1-18-7-5-9-21(13-18)35-16-20(33)15-26-31-29-24(37-26)11-3-4-12-25-30-32-27(38-25)28-23(34)17-36-22-10-6-8-19(2)14-22/h5-10,13-14H,3-4,11-12,15-17H2,1-2H3,(H,28,32,34). The number of hydrogen-bond donors (Lipinski definition) is 1. The van der Waals surface area contributed by atoms with Crippen molar-refractivity contribution >= 4 is 39.5 Å². The Bertz CT molecular complexity index is 1270. The zero-order valence-electron chi connectivity index (χ0n) is 21.3. The third-order valence-electron chi connectivity index (χ3n) is 5.35. The number of hydrogen-bond acceptors (Lipinski definition) is 10. The molecule has 0 aliphatic heterocycles. The van der Waals surface area contributed by atoms with Gasteiger partial charge >= 0.3 is 0 Å². The van der Waals surface area contributed by atoms with Crippen LogP contribution in [0.15, 0.2) is 48.5 Å². The average Bonchev–Trinajstić information content (AvgIpc) is 3.53. The van der Waals surface area contributed by atoms with Gasteiger partial charge in [0.2, 0.25) is 5.13 Å². The zero-order valence-corrected chi connectivity index (χ0v) is 22.9. The summed E-state index contributed by atoms with van der Waals surface area (Å²) < 4.78 is 11.1. The van der Waals surface area contributed by atoms with Crippen LogP contribution in [0.5, 0.6) is 11.5 Å². The predicted molar refractivity (Wildman–Crippen MR) is 147 cm³/mol. The highest BCUT2D eigenvalue weighted by atomic mass is 32.1. The number of aromatic nitrogens is 4. The van der Waals surface area contributed by atoms with E-state index in [-0.39, 0.29) is 31.3 Å². The number of rotatable bonds is 14. The average molecular weight is 552 g/mol. The van der Waals surface area contributed by atoms with Crippen LogP contribution in [-0.2, 0) is 28.9 Å². The Morgan fingerprint density at radius 2 is 1.34 bits per heavy atom. The highest BCUT2D eigenvalue weighted by molar-refractivity contribution is 7.15. The van der Waals surface area contributed by atoms with Crippen LogP contribution in [0.3, 0.4) is 0 Å². The zero-order chi connectivity index (χ0) is 26.7. The monoisotopic (exact) mass is 551 g/mol. The first-order chi connectivity index (χ1) is 18.4. The Morgan fingerprint density at radius 3 is 2.00 bits per heavy atom. The first-order valence-corrected chi connectivity index (χ1v) is 13.9. The van der Waals surface area contributed by atoms with E-state index in [1.54, 1.807) is 0 Å². The summed E-state index contributed by atoms with van der Waals surface area (Å²) >= 11 is 2.82. The molecule has 1 N–H and O–H groups in total. The van der Waals surface area contributed by atoms with E-state index in [4.69, 9.17) is 9.47 Å². The van der Waals surface area contributed by atoms with Gasteiger partial charge < -0.3 is 9.47 Å². The van der Waals surface area contributed by atoms with Gasteiger partial charge in [-0.25, -0.2) is 0 Å². The molecule has 0 bridgehead atoms. The van der Waals surface area contributed by atoms with Crippen LogP contribution in [0.25, 0.3) is 0 Å². The van der Waals surface area contributed by atoms with E-state index < -0.39 is 0 Å². The molecule has 38 heavy (non-hydrogen) atoms. The molecule has 0 aliphatic rings. The highest BCUT2D eigenvalue weighted by Crippen LogP contribution is 2.19. The Hall–Kier alpha value is -3.70. The topological polar surface area (TPSA) is 116 Å². The van der Waals surface area contributed by atoms with Gasteiger partial charge in [-0.2, -0.15) is 0 Å². The van der Waals surface area contributed by atoms with E-state index >= 15 is 0 Å². The van der Waals surface area contributed by atoms with Crippen LogP contribution in [0.2, 0.25) is 0 Å². The maximum absolute atomic E-state index is 12.2. The fourth-order valence-corrected chi connectivity index (χ4v) is 5.23. The quantitative estimate of drug-likeness (QED) is 0.223. The predicted octanol–water partition coefficient (Wildman–Crippen LogP) is 4.78. The number of unbranched alkanes of at least 4 members (excludes halogenated alkanes) is 1. The maximum Gasteiger partial charge on any atom is 0.264 e. The van der Waals surface area contributed by atoms with E-state index in [9.17, 15) is 9.59 Å². The number of amides is 1. The van der Waals surface area contributed by atoms with Crippen molar-refractivity contribution in [3.63, 3.8) is 0 Å². The van der Waals surface area contributed by atoms with Crippen molar-refractivity contribution < 1.29 is 19.1 Å². The van der Waals surface area contributed by atoms with Crippen molar-refractivity contribution in [2.24, 2.45) is 0 Å². The summed E-state index contributed by atoms with van der Waals surface area (Å²) in [4.78, 5) is 24.4. The summed E-state index contributed by atoms with van der Waals surface area (Å²) in [5.41, 5.74) is 2.15. The van der Waals surface area contributed by atoms with E-state index in [0.29, 0.717) is 21.6 Å². The van der Waals surface area contributed by atoms with Crippen molar-refractivity contribution in [3.8, 4) is 11.5 Å². The number of anilines is 1. The SMILES string of the molecule is Cc1cccc(OCC(=O)Cc2nnc(CCCCc3nnc(NC(=O)COc4cccc(C)c4)s3)s2)c1. The Morgan fingerprint density at radius 1 is 0.763 bits per heavy atom. The molecule has 11 heteroatoms. The molecule has 9 nitrogen and oxygen atoms in total. The molecule has 0 spiro atoms. The lowest BCUT2D eigenvalue weighted by Gasteiger charge is -2.05. The van der Waals surface area contributed by atoms with Crippen LogP contribution < -0.4 is 14.8 Å². The van der Waals surface area contributed by atoms with Gasteiger partial charge in [0.15, 0.2) is 12.4 Å². The second-order valence-electron chi connectivity index (χ2n) is 8.77. The largest absolute Gasteiger partial charge is 0.486 e. The number of ether oxygens (including phenoxy) is 2. The molecule has 4 rings (SSSR count). The van der Waals surface area contributed by atoms with Crippen LogP contribution in [0.1, 0.15) is 39.0 Å². The lowest BCUT2D eigenvalue weighted by molar-refractivity contribution is -0.120. The number of benzene rings is 2. The minimum absolute atomic E-state index is 0.0163. The van der Waals surface area contributed by atoms with Gasteiger partial charge in [0.05, 0.1) is 6.42 Å². The first-order valence-electron chi connectivity index (χ1n) is 12.3. The molecule has 2 aromatic carbocycles. The van der Waals surface area contributed by atoms with E-state index in [1.807, 2.05) is 62.4 Å². The summed E-state index contributed by atoms with van der Waals surface area (Å²) in [6.07, 6.45) is 3.57. The molecular weight excluding hydrogens is 522 g/mol. The Kier molecular flexibility index (Phi) is 9.88. The molecule has 0 atom stereocenters. The number of nitrogens with zero attached hydrogens (tertiary/aromatic N) is 4. The van der Waals surface area contributed by atoms with Crippen LogP contribution in [0, 0.1) is 13.8 Å². The number of Topliss-reactive ketones (excluding diaryl/α,β-unsaturated/α-hetero) is 1. The Labute approximate surface area is 229 Å². The number of ketones is 1. The molecule has 0 saturated heterocycles. The van der Waals surface area contributed by atoms with Crippen LogP contribution in [-0.4, -0.2) is 45.3 Å². The summed E-state index contributed by atoms with van der Waals surface area (Å²) in [7, 11) is 0. The molecule has 0 fully saturated rings. The van der Waals surface area contributed by atoms with Gasteiger partial charge in [0, 0.05) is 12.8 Å². The normalized spacial score (nSPS) is 10.8. The van der Waals surface area contributed by atoms with Crippen molar-refractivity contribution in [2.45, 2.75) is 46.0 Å². The number of aryl methyl sites for hydroxylation is 4. The third-order valence-corrected chi connectivity index (χ3v) is 7.23. The van der Waals surface area contributed by atoms with Gasteiger partial charge in [-0.3, -0.25) is 14.9 Å². The van der Waals surface area contributed by atoms with Crippen LogP contribution in [0.4, 0.5) is 5.13 Å². The molecule has 0 unspecified atom stereocenters.